The standard InChI is InChI=1S/C24H18N2O2S2/c27-22(14-18-15-30-24(25-18)21-11-6-12-29-21)26-23(16-7-2-1-3-8-16)20-13-17-9-4-5-10-19(17)28-20/h1-13,15,23H,14H2,(H,26,27). The number of carbonyl (C=O) groups is 1. The molecule has 0 saturated carbocycles. The molecule has 5 aromatic rings. The van der Waals surface area contributed by atoms with Gasteiger partial charge in [0.2, 0.25) is 5.91 Å². The monoisotopic (exact) mass is 430 g/mol. The largest absolute Gasteiger partial charge is 0.459 e. The van der Waals surface area contributed by atoms with E-state index in [0.717, 1.165) is 32.1 Å². The molecule has 1 amide bonds. The van der Waals surface area contributed by atoms with Crippen molar-refractivity contribution in [3.05, 3.63) is 101 Å². The van der Waals surface area contributed by atoms with E-state index in [4.69, 9.17) is 4.42 Å². The van der Waals surface area contributed by atoms with Gasteiger partial charge >= 0.3 is 0 Å². The van der Waals surface area contributed by atoms with Crippen LogP contribution >= 0.6 is 22.7 Å². The van der Waals surface area contributed by atoms with Crippen molar-refractivity contribution in [1.29, 1.82) is 0 Å². The van der Waals surface area contributed by atoms with E-state index >= 15 is 0 Å². The predicted octanol–water partition coefficient (Wildman–Crippen LogP) is 6.07. The summed E-state index contributed by atoms with van der Waals surface area (Å²) in [5.74, 6) is 0.626. The molecule has 3 heterocycles. The summed E-state index contributed by atoms with van der Waals surface area (Å²) in [5.41, 5.74) is 2.56. The lowest BCUT2D eigenvalue weighted by atomic mass is 10.0. The molecule has 1 atom stereocenters. The summed E-state index contributed by atoms with van der Waals surface area (Å²) in [6, 6.07) is 23.4. The summed E-state index contributed by atoms with van der Waals surface area (Å²) in [6.07, 6.45) is 0.228. The van der Waals surface area contributed by atoms with E-state index in [2.05, 4.69) is 10.3 Å². The Labute approximate surface area is 181 Å². The number of nitrogens with one attached hydrogen (secondary N) is 1. The number of hydrogen-bond acceptors (Lipinski definition) is 5. The van der Waals surface area contributed by atoms with E-state index in [-0.39, 0.29) is 18.4 Å². The van der Waals surface area contributed by atoms with E-state index in [0.29, 0.717) is 5.76 Å². The van der Waals surface area contributed by atoms with Crippen molar-refractivity contribution in [3.8, 4) is 9.88 Å². The molecule has 3 aromatic heterocycles. The Balaban J connectivity index is 1.39. The van der Waals surface area contributed by atoms with Crippen LogP contribution in [0, 0.1) is 0 Å². The molecule has 4 nitrogen and oxygen atoms in total. The van der Waals surface area contributed by atoms with Crippen LogP contribution in [0.1, 0.15) is 23.1 Å². The van der Waals surface area contributed by atoms with Gasteiger partial charge in [0.05, 0.1) is 17.0 Å². The zero-order valence-corrected chi connectivity index (χ0v) is 17.6. The first-order chi connectivity index (χ1) is 14.8. The van der Waals surface area contributed by atoms with Crippen molar-refractivity contribution in [2.45, 2.75) is 12.5 Å². The molecule has 30 heavy (non-hydrogen) atoms. The van der Waals surface area contributed by atoms with Gasteiger partial charge in [0.15, 0.2) is 0 Å². The van der Waals surface area contributed by atoms with Crippen LogP contribution in [0.2, 0.25) is 0 Å². The van der Waals surface area contributed by atoms with Gasteiger partial charge in [-0.3, -0.25) is 4.79 Å². The van der Waals surface area contributed by atoms with Crippen molar-refractivity contribution >= 4 is 39.5 Å². The van der Waals surface area contributed by atoms with Gasteiger partial charge in [0.1, 0.15) is 22.4 Å². The van der Waals surface area contributed by atoms with Gasteiger partial charge in [-0.05, 0) is 29.1 Å². The molecule has 148 valence electrons. The minimum Gasteiger partial charge on any atom is -0.459 e. The molecule has 0 radical (unpaired) electrons. The second-order valence-corrected chi connectivity index (χ2v) is 8.70. The summed E-state index contributed by atoms with van der Waals surface area (Å²) in [7, 11) is 0. The third-order valence-electron chi connectivity index (χ3n) is 4.79. The first-order valence-electron chi connectivity index (χ1n) is 9.57. The van der Waals surface area contributed by atoms with Crippen molar-refractivity contribution in [3.63, 3.8) is 0 Å². The topological polar surface area (TPSA) is 55.1 Å². The number of carbonyl (C=O) groups excluding carboxylic acids is 1. The Morgan fingerprint density at radius 1 is 1.00 bits per heavy atom. The minimum atomic E-state index is -0.360. The van der Waals surface area contributed by atoms with E-state index in [1.54, 1.807) is 22.7 Å². The third kappa shape index (κ3) is 3.92. The molecule has 0 aliphatic rings. The Morgan fingerprint density at radius 3 is 2.63 bits per heavy atom. The lowest BCUT2D eigenvalue weighted by Crippen LogP contribution is -2.30. The van der Waals surface area contributed by atoms with Gasteiger partial charge in [0.25, 0.3) is 0 Å². The molecule has 0 aliphatic carbocycles. The number of thiophene rings is 1. The van der Waals surface area contributed by atoms with Gasteiger partial charge in [-0.15, -0.1) is 22.7 Å². The highest BCUT2D eigenvalue weighted by Crippen LogP contribution is 2.30. The van der Waals surface area contributed by atoms with Crippen LogP contribution in [0.4, 0.5) is 0 Å². The Bertz CT molecular complexity index is 1240. The van der Waals surface area contributed by atoms with Crippen LogP contribution in [0.15, 0.2) is 88.0 Å². The molecule has 2 aromatic carbocycles. The van der Waals surface area contributed by atoms with Crippen LogP contribution < -0.4 is 5.32 Å². The molecule has 1 unspecified atom stereocenters. The number of benzene rings is 2. The van der Waals surface area contributed by atoms with Gasteiger partial charge in [-0.1, -0.05) is 54.6 Å². The summed E-state index contributed by atoms with van der Waals surface area (Å²) in [5, 5.41) is 9.08. The van der Waals surface area contributed by atoms with Crippen molar-refractivity contribution < 1.29 is 9.21 Å². The number of aromatic nitrogens is 1. The number of rotatable bonds is 6. The average Bonchev–Trinajstić information content (AvgIpc) is 3.52. The molecule has 1 N–H and O–H groups in total. The first kappa shape index (κ1) is 18.8. The lowest BCUT2D eigenvalue weighted by molar-refractivity contribution is -0.121. The molecular weight excluding hydrogens is 412 g/mol. The maximum absolute atomic E-state index is 12.9. The van der Waals surface area contributed by atoms with Crippen molar-refractivity contribution in [1.82, 2.24) is 10.3 Å². The second kappa shape index (κ2) is 8.26. The first-order valence-corrected chi connectivity index (χ1v) is 11.3. The summed E-state index contributed by atoms with van der Waals surface area (Å²) < 4.78 is 6.06. The fourth-order valence-electron chi connectivity index (χ4n) is 3.39. The number of hydrogen-bond donors (Lipinski definition) is 1. The maximum Gasteiger partial charge on any atom is 0.226 e. The number of amides is 1. The number of nitrogens with zero attached hydrogens (tertiary/aromatic N) is 1. The molecule has 5 rings (SSSR count). The van der Waals surface area contributed by atoms with Crippen molar-refractivity contribution in [2.24, 2.45) is 0 Å². The Morgan fingerprint density at radius 2 is 1.83 bits per heavy atom. The highest BCUT2D eigenvalue weighted by atomic mass is 32.1. The molecule has 0 spiro atoms. The van der Waals surface area contributed by atoms with Gasteiger partial charge in [0, 0.05) is 10.8 Å². The summed E-state index contributed by atoms with van der Waals surface area (Å²) in [4.78, 5) is 18.6. The fourth-order valence-corrected chi connectivity index (χ4v) is 5.02. The zero-order valence-electron chi connectivity index (χ0n) is 15.9. The number of para-hydroxylation sites is 1. The molecule has 0 aliphatic heterocycles. The molecule has 0 fully saturated rings. The lowest BCUT2D eigenvalue weighted by Gasteiger charge is -2.17. The Kier molecular flexibility index (Phi) is 5.17. The minimum absolute atomic E-state index is 0.0904. The van der Waals surface area contributed by atoms with E-state index < -0.39 is 0 Å². The maximum atomic E-state index is 12.9. The highest BCUT2D eigenvalue weighted by molar-refractivity contribution is 7.20. The SMILES string of the molecule is O=C(Cc1csc(-c2cccs2)n1)NC(c1ccccc1)c1cc2ccccc2o1. The zero-order chi connectivity index (χ0) is 20.3. The highest BCUT2D eigenvalue weighted by Gasteiger charge is 2.21. The van der Waals surface area contributed by atoms with Gasteiger partial charge in [-0.25, -0.2) is 4.98 Å². The second-order valence-electron chi connectivity index (χ2n) is 6.90. The number of furan rings is 1. The summed E-state index contributed by atoms with van der Waals surface area (Å²) in [6.45, 7) is 0. The molecule has 6 heteroatoms. The smallest absolute Gasteiger partial charge is 0.226 e. The molecule has 0 saturated heterocycles. The average molecular weight is 431 g/mol. The van der Waals surface area contributed by atoms with E-state index in [1.807, 2.05) is 83.6 Å². The van der Waals surface area contributed by atoms with E-state index in [1.165, 1.54) is 0 Å². The van der Waals surface area contributed by atoms with Crippen molar-refractivity contribution in [2.75, 3.05) is 0 Å². The predicted molar refractivity (Wildman–Crippen MR) is 122 cm³/mol. The van der Waals surface area contributed by atoms with Crippen LogP contribution in [0.5, 0.6) is 0 Å². The Hall–Kier alpha value is -3.22. The number of thiazole rings is 1. The summed E-state index contributed by atoms with van der Waals surface area (Å²) >= 11 is 3.22. The van der Waals surface area contributed by atoms with E-state index in [9.17, 15) is 4.79 Å². The van der Waals surface area contributed by atoms with Gasteiger partial charge in [-0.2, -0.15) is 0 Å². The normalized spacial score (nSPS) is 12.1. The van der Waals surface area contributed by atoms with Crippen LogP contribution in [-0.4, -0.2) is 10.9 Å². The van der Waals surface area contributed by atoms with Gasteiger partial charge < -0.3 is 9.73 Å². The number of fused-ring (bicyclic) bond motifs is 1. The molecular formula is C24H18N2O2S2. The quantitative estimate of drug-likeness (QED) is 0.356. The van der Waals surface area contributed by atoms with Crippen LogP contribution in [0.3, 0.4) is 0 Å². The third-order valence-corrected chi connectivity index (χ3v) is 6.72. The van der Waals surface area contributed by atoms with Crippen LogP contribution in [-0.2, 0) is 11.2 Å². The molecule has 0 bridgehead atoms. The fraction of sp³-hybridized carbons (Fsp3) is 0.0833. The van der Waals surface area contributed by atoms with Crippen LogP contribution in [0.25, 0.3) is 20.9 Å².